The number of aryl methyl sites for hydroxylation is 1. The van der Waals surface area contributed by atoms with Crippen molar-refractivity contribution in [2.45, 2.75) is 25.7 Å². The Morgan fingerprint density at radius 1 is 1.27 bits per heavy atom. The third-order valence-electron chi connectivity index (χ3n) is 4.55. The van der Waals surface area contributed by atoms with Crippen LogP contribution in [0.2, 0.25) is 5.02 Å². The number of benzene rings is 2. The van der Waals surface area contributed by atoms with E-state index in [1.807, 2.05) is 43.3 Å². The minimum atomic E-state index is -0.292. The van der Waals surface area contributed by atoms with Gasteiger partial charge >= 0.3 is 0 Å². The standard InChI is InChI=1S/C20H17ClN2O3/c1-11-8-12-9-13(10-16(21)19(12)26-11)22-18(24)7-6-15-14-4-2-3-5-17(14)23-20(15)25/h2-5,8-10,15H,6-7H2,1H3,(H,22,24)(H,23,25)/t15-/m0/s1. The largest absolute Gasteiger partial charge is 0.460 e. The van der Waals surface area contributed by atoms with Gasteiger partial charge in [0.15, 0.2) is 5.58 Å². The summed E-state index contributed by atoms with van der Waals surface area (Å²) in [6, 6.07) is 12.9. The van der Waals surface area contributed by atoms with Crippen LogP contribution in [0.3, 0.4) is 0 Å². The second-order valence-electron chi connectivity index (χ2n) is 6.45. The number of amides is 2. The smallest absolute Gasteiger partial charge is 0.232 e. The Morgan fingerprint density at radius 3 is 2.92 bits per heavy atom. The average Bonchev–Trinajstić information content (AvgIpc) is 3.12. The fraction of sp³-hybridized carbons (Fsp3) is 0.200. The molecule has 132 valence electrons. The highest BCUT2D eigenvalue weighted by Gasteiger charge is 2.30. The number of carbonyl (C=O) groups is 2. The molecule has 0 bridgehead atoms. The second kappa shape index (κ2) is 6.50. The molecule has 0 spiro atoms. The molecule has 2 heterocycles. The van der Waals surface area contributed by atoms with Crippen molar-refractivity contribution in [1.29, 1.82) is 0 Å². The summed E-state index contributed by atoms with van der Waals surface area (Å²) < 4.78 is 5.53. The van der Waals surface area contributed by atoms with Gasteiger partial charge in [0, 0.05) is 23.2 Å². The van der Waals surface area contributed by atoms with Crippen molar-refractivity contribution in [3.8, 4) is 0 Å². The van der Waals surface area contributed by atoms with E-state index in [4.69, 9.17) is 16.0 Å². The van der Waals surface area contributed by atoms with Gasteiger partial charge in [-0.1, -0.05) is 29.8 Å². The fourth-order valence-corrected chi connectivity index (χ4v) is 3.64. The molecule has 0 aliphatic carbocycles. The van der Waals surface area contributed by atoms with E-state index >= 15 is 0 Å². The van der Waals surface area contributed by atoms with Crippen LogP contribution in [0.1, 0.15) is 30.1 Å². The molecule has 0 unspecified atom stereocenters. The molecular formula is C20H17ClN2O3. The molecule has 1 aliphatic rings. The van der Waals surface area contributed by atoms with Crippen LogP contribution in [0.5, 0.6) is 0 Å². The van der Waals surface area contributed by atoms with Crippen LogP contribution < -0.4 is 10.6 Å². The predicted octanol–water partition coefficient (Wildman–Crippen LogP) is 4.85. The number of hydrogen-bond donors (Lipinski definition) is 2. The van der Waals surface area contributed by atoms with E-state index in [0.29, 0.717) is 22.7 Å². The van der Waals surface area contributed by atoms with Gasteiger partial charge in [0.05, 0.1) is 10.9 Å². The zero-order valence-electron chi connectivity index (χ0n) is 14.1. The summed E-state index contributed by atoms with van der Waals surface area (Å²) in [6.45, 7) is 1.85. The molecule has 0 radical (unpaired) electrons. The molecule has 2 N–H and O–H groups in total. The molecule has 2 aromatic carbocycles. The Kier molecular flexibility index (Phi) is 4.17. The summed E-state index contributed by atoms with van der Waals surface area (Å²) >= 11 is 6.22. The van der Waals surface area contributed by atoms with Crippen LogP contribution >= 0.6 is 11.6 Å². The summed E-state index contributed by atoms with van der Waals surface area (Å²) in [5, 5.41) is 7.00. The van der Waals surface area contributed by atoms with Crippen LogP contribution in [0.4, 0.5) is 11.4 Å². The van der Waals surface area contributed by atoms with Crippen molar-refractivity contribution in [2.24, 2.45) is 0 Å². The van der Waals surface area contributed by atoms with E-state index < -0.39 is 0 Å². The highest BCUT2D eigenvalue weighted by atomic mass is 35.5. The van der Waals surface area contributed by atoms with E-state index in [0.717, 1.165) is 22.4 Å². The first-order valence-corrected chi connectivity index (χ1v) is 8.78. The Hall–Kier alpha value is -2.79. The number of furan rings is 1. The summed E-state index contributed by atoms with van der Waals surface area (Å²) in [7, 11) is 0. The van der Waals surface area contributed by atoms with Crippen molar-refractivity contribution in [3.63, 3.8) is 0 Å². The lowest BCUT2D eigenvalue weighted by atomic mass is 9.95. The third-order valence-corrected chi connectivity index (χ3v) is 4.83. The number of anilines is 2. The maximum atomic E-state index is 12.3. The van der Waals surface area contributed by atoms with Gasteiger partial charge in [0.25, 0.3) is 0 Å². The van der Waals surface area contributed by atoms with Gasteiger partial charge < -0.3 is 15.1 Å². The van der Waals surface area contributed by atoms with Gasteiger partial charge in [-0.05, 0) is 43.2 Å². The van der Waals surface area contributed by atoms with E-state index in [1.165, 1.54) is 0 Å². The Balaban J connectivity index is 1.44. The van der Waals surface area contributed by atoms with Gasteiger partial charge in [-0.3, -0.25) is 9.59 Å². The Bertz CT molecular complexity index is 1030. The average molecular weight is 369 g/mol. The van der Waals surface area contributed by atoms with E-state index in [1.54, 1.807) is 6.07 Å². The number of rotatable bonds is 4. The summed E-state index contributed by atoms with van der Waals surface area (Å²) in [4.78, 5) is 24.5. The molecule has 1 atom stereocenters. The summed E-state index contributed by atoms with van der Waals surface area (Å²) in [5.41, 5.74) is 3.00. The molecule has 0 saturated heterocycles. The number of fused-ring (bicyclic) bond motifs is 2. The van der Waals surface area contributed by atoms with E-state index in [9.17, 15) is 9.59 Å². The van der Waals surface area contributed by atoms with Crippen molar-refractivity contribution in [1.82, 2.24) is 0 Å². The molecule has 5 nitrogen and oxygen atoms in total. The van der Waals surface area contributed by atoms with Crippen molar-refractivity contribution < 1.29 is 14.0 Å². The van der Waals surface area contributed by atoms with Crippen LogP contribution in [-0.2, 0) is 9.59 Å². The van der Waals surface area contributed by atoms with Crippen molar-refractivity contribution in [3.05, 3.63) is 58.8 Å². The third kappa shape index (κ3) is 3.06. The lowest BCUT2D eigenvalue weighted by molar-refractivity contribution is -0.118. The number of hydrogen-bond acceptors (Lipinski definition) is 3. The number of halogens is 1. The fourth-order valence-electron chi connectivity index (χ4n) is 3.37. The van der Waals surface area contributed by atoms with Gasteiger partial charge in [0.2, 0.25) is 11.8 Å². The van der Waals surface area contributed by atoms with Gasteiger partial charge in [0.1, 0.15) is 5.76 Å². The quantitative estimate of drug-likeness (QED) is 0.691. The van der Waals surface area contributed by atoms with E-state index in [-0.39, 0.29) is 24.2 Å². The topological polar surface area (TPSA) is 71.3 Å². The lowest BCUT2D eigenvalue weighted by Gasteiger charge is -2.10. The molecular weight excluding hydrogens is 352 g/mol. The normalized spacial score (nSPS) is 15.8. The second-order valence-corrected chi connectivity index (χ2v) is 6.86. The first kappa shape index (κ1) is 16.7. The molecule has 6 heteroatoms. The molecule has 0 saturated carbocycles. The first-order chi connectivity index (χ1) is 12.5. The highest BCUT2D eigenvalue weighted by Crippen LogP contribution is 2.35. The van der Waals surface area contributed by atoms with Gasteiger partial charge in [-0.25, -0.2) is 0 Å². The molecule has 26 heavy (non-hydrogen) atoms. The minimum absolute atomic E-state index is 0.0580. The molecule has 0 fully saturated rings. The molecule has 4 rings (SSSR count). The molecule has 1 aromatic heterocycles. The molecule has 2 amide bonds. The van der Waals surface area contributed by atoms with Crippen molar-refractivity contribution in [2.75, 3.05) is 10.6 Å². The molecule has 1 aliphatic heterocycles. The molecule has 3 aromatic rings. The zero-order valence-corrected chi connectivity index (χ0v) is 14.9. The van der Waals surface area contributed by atoms with Crippen LogP contribution in [-0.4, -0.2) is 11.8 Å². The van der Waals surface area contributed by atoms with Gasteiger partial charge in [-0.2, -0.15) is 0 Å². The zero-order chi connectivity index (χ0) is 18.3. The summed E-state index contributed by atoms with van der Waals surface area (Å²) in [5.74, 6) is 0.256. The maximum Gasteiger partial charge on any atom is 0.232 e. The number of carbonyl (C=O) groups excluding carboxylic acids is 2. The number of nitrogens with one attached hydrogen (secondary N) is 2. The Morgan fingerprint density at radius 2 is 2.08 bits per heavy atom. The maximum absolute atomic E-state index is 12.3. The van der Waals surface area contributed by atoms with Crippen LogP contribution in [0.25, 0.3) is 11.0 Å². The number of para-hydroxylation sites is 1. The van der Waals surface area contributed by atoms with E-state index in [2.05, 4.69) is 10.6 Å². The first-order valence-electron chi connectivity index (χ1n) is 8.40. The Labute approximate surface area is 155 Å². The highest BCUT2D eigenvalue weighted by molar-refractivity contribution is 6.35. The SMILES string of the molecule is Cc1cc2cc(NC(=O)CC[C@@H]3C(=O)Nc4ccccc43)cc(Cl)c2o1. The van der Waals surface area contributed by atoms with Crippen LogP contribution in [0.15, 0.2) is 46.9 Å². The predicted molar refractivity (Wildman–Crippen MR) is 102 cm³/mol. The van der Waals surface area contributed by atoms with Crippen molar-refractivity contribution >= 4 is 45.8 Å². The minimum Gasteiger partial charge on any atom is -0.460 e. The lowest BCUT2D eigenvalue weighted by Crippen LogP contribution is -2.16. The van der Waals surface area contributed by atoms with Gasteiger partial charge in [-0.15, -0.1) is 0 Å². The monoisotopic (exact) mass is 368 g/mol. The van der Waals surface area contributed by atoms with Crippen LogP contribution in [0, 0.1) is 6.92 Å². The summed E-state index contributed by atoms with van der Waals surface area (Å²) in [6.07, 6.45) is 0.696.